The second-order valence-corrected chi connectivity index (χ2v) is 5.46. The minimum absolute atomic E-state index is 0.312. The van der Waals surface area contributed by atoms with Crippen molar-refractivity contribution < 1.29 is 8.42 Å². The summed E-state index contributed by atoms with van der Waals surface area (Å²) in [6.07, 6.45) is 0. The Bertz CT molecular complexity index is 345. The highest BCUT2D eigenvalue weighted by Gasteiger charge is 2.07. The molecule has 0 saturated heterocycles. The molecule has 0 unspecified atom stereocenters. The number of nitrogens with one attached hydrogen (secondary N) is 1. The molecule has 1 rings (SSSR count). The van der Waals surface area contributed by atoms with E-state index in [1.54, 1.807) is 5.38 Å². The molecule has 0 aliphatic carbocycles. The molecule has 3 nitrogen and oxygen atoms in total. The molecule has 1 aromatic rings. The Kier molecular flexibility index (Phi) is 2.64. The van der Waals surface area contributed by atoms with E-state index in [2.05, 4.69) is 0 Å². The molecule has 11 heavy (non-hydrogen) atoms. The molecule has 0 aliphatic heterocycles. The molecule has 62 valence electrons. The van der Waals surface area contributed by atoms with E-state index in [4.69, 9.17) is 22.3 Å². The van der Waals surface area contributed by atoms with Gasteiger partial charge in [-0.25, -0.2) is 0 Å². The second kappa shape index (κ2) is 3.18. The first-order valence-electron chi connectivity index (χ1n) is 2.44. The normalized spacial score (nSPS) is 11.5. The molecule has 7 heteroatoms. The van der Waals surface area contributed by atoms with Crippen LogP contribution in [0.4, 0.5) is 5.69 Å². The number of hydrogen-bond donors (Lipinski definition) is 1. The van der Waals surface area contributed by atoms with E-state index in [-0.39, 0.29) is 0 Å². The topological polar surface area (TPSA) is 46.2 Å². The summed E-state index contributed by atoms with van der Waals surface area (Å²) in [6.45, 7) is 0. The van der Waals surface area contributed by atoms with Crippen LogP contribution in [0.5, 0.6) is 0 Å². The molecule has 0 radical (unpaired) electrons. The first-order chi connectivity index (χ1) is 4.99. The van der Waals surface area contributed by atoms with Crippen LogP contribution >= 0.6 is 33.6 Å². The molecule has 0 spiro atoms. The van der Waals surface area contributed by atoms with Gasteiger partial charge in [0.15, 0.2) is 0 Å². The van der Waals surface area contributed by atoms with Gasteiger partial charge in [0.05, 0.1) is 5.69 Å². The Labute approximate surface area is 77.5 Å². The third-order valence-corrected chi connectivity index (χ3v) is 2.71. The summed E-state index contributed by atoms with van der Waals surface area (Å²) in [5.41, 5.74) is 0.312. The first kappa shape index (κ1) is 9.12. The van der Waals surface area contributed by atoms with Gasteiger partial charge < -0.3 is 0 Å². The molecule has 0 amide bonds. The van der Waals surface area contributed by atoms with Gasteiger partial charge >= 0.3 is 9.24 Å². The summed E-state index contributed by atoms with van der Waals surface area (Å²) >= 11 is 6.80. The summed E-state index contributed by atoms with van der Waals surface area (Å²) in [6, 6.07) is 1.53. The Hall–Kier alpha value is 0.0300. The van der Waals surface area contributed by atoms with Crippen LogP contribution in [0.1, 0.15) is 0 Å². The van der Waals surface area contributed by atoms with Crippen molar-refractivity contribution in [3.63, 3.8) is 0 Å². The lowest BCUT2D eigenvalue weighted by Crippen LogP contribution is -2.02. The van der Waals surface area contributed by atoms with Crippen molar-refractivity contribution in [1.29, 1.82) is 0 Å². The van der Waals surface area contributed by atoms with Crippen molar-refractivity contribution in [2.24, 2.45) is 0 Å². The van der Waals surface area contributed by atoms with E-state index >= 15 is 0 Å². The average Bonchev–Trinajstić information content (AvgIpc) is 2.12. The minimum atomic E-state index is -3.73. The van der Waals surface area contributed by atoms with Crippen LogP contribution in [-0.2, 0) is 9.24 Å². The highest BCUT2D eigenvalue weighted by molar-refractivity contribution is 8.14. The molecule has 0 aliphatic rings. The van der Waals surface area contributed by atoms with Crippen molar-refractivity contribution in [2.45, 2.75) is 0 Å². The maximum absolute atomic E-state index is 10.5. The molecule has 1 heterocycles. The first-order valence-corrected chi connectivity index (χ1v) is 6.01. The van der Waals surface area contributed by atoms with Gasteiger partial charge in [0.2, 0.25) is 0 Å². The summed E-state index contributed by atoms with van der Waals surface area (Å²) in [4.78, 5) is 0. The zero-order valence-electron chi connectivity index (χ0n) is 5.04. The Balaban J connectivity index is 2.89. The van der Waals surface area contributed by atoms with Crippen molar-refractivity contribution in [1.82, 2.24) is 0 Å². The van der Waals surface area contributed by atoms with Gasteiger partial charge in [0, 0.05) is 10.7 Å². The Morgan fingerprint density at radius 2 is 2.18 bits per heavy atom. The van der Waals surface area contributed by atoms with Gasteiger partial charge in [-0.15, -0.1) is 11.3 Å². The van der Waals surface area contributed by atoms with Crippen LogP contribution < -0.4 is 4.72 Å². The van der Waals surface area contributed by atoms with E-state index in [9.17, 15) is 8.42 Å². The monoisotopic (exact) mass is 231 g/mol. The Morgan fingerprint density at radius 1 is 1.55 bits per heavy atom. The lowest BCUT2D eigenvalue weighted by molar-refractivity contribution is 0.614. The molecular weight excluding hydrogens is 229 g/mol. The average molecular weight is 232 g/mol. The van der Waals surface area contributed by atoms with Gasteiger partial charge in [0.1, 0.15) is 4.34 Å². The zero-order chi connectivity index (χ0) is 8.48. The van der Waals surface area contributed by atoms with Crippen LogP contribution in [0, 0.1) is 0 Å². The van der Waals surface area contributed by atoms with Crippen LogP contribution in [0.2, 0.25) is 4.34 Å². The summed E-state index contributed by atoms with van der Waals surface area (Å²) in [5, 5.41) is 1.66. The van der Waals surface area contributed by atoms with Gasteiger partial charge in [-0.2, -0.15) is 8.42 Å². The van der Waals surface area contributed by atoms with Gasteiger partial charge in [-0.3, -0.25) is 4.72 Å². The largest absolute Gasteiger partial charge is 0.319 e. The standard InChI is InChI=1S/C4H3Cl2NO2S2/c5-4-3(1-2-10-4)7-11(6,8)9/h1-2,7H. The molecule has 1 N–H and O–H groups in total. The highest BCUT2D eigenvalue weighted by atomic mass is 35.7. The molecule has 0 fully saturated rings. The second-order valence-electron chi connectivity index (χ2n) is 1.65. The van der Waals surface area contributed by atoms with Crippen molar-refractivity contribution in [3.05, 3.63) is 15.8 Å². The van der Waals surface area contributed by atoms with Gasteiger partial charge in [-0.1, -0.05) is 11.6 Å². The van der Waals surface area contributed by atoms with E-state index in [1.807, 2.05) is 4.72 Å². The van der Waals surface area contributed by atoms with E-state index < -0.39 is 9.24 Å². The molecule has 0 atom stereocenters. The van der Waals surface area contributed by atoms with Crippen LogP contribution in [0.15, 0.2) is 11.4 Å². The van der Waals surface area contributed by atoms with Crippen LogP contribution in [0.3, 0.4) is 0 Å². The van der Waals surface area contributed by atoms with E-state index in [1.165, 1.54) is 17.4 Å². The number of thiophene rings is 1. The van der Waals surface area contributed by atoms with Gasteiger partial charge in [0.25, 0.3) is 0 Å². The molecule has 1 aromatic heterocycles. The molecule has 0 aromatic carbocycles. The highest BCUT2D eigenvalue weighted by Crippen LogP contribution is 2.28. The minimum Gasteiger partial charge on any atom is -0.268 e. The third kappa shape index (κ3) is 2.86. The SMILES string of the molecule is O=S(=O)(Cl)Nc1ccsc1Cl. The third-order valence-electron chi connectivity index (χ3n) is 0.850. The van der Waals surface area contributed by atoms with Crippen LogP contribution in [0.25, 0.3) is 0 Å². The smallest absolute Gasteiger partial charge is 0.268 e. The quantitative estimate of drug-likeness (QED) is 0.795. The summed E-state index contributed by atoms with van der Waals surface area (Å²) in [7, 11) is 1.18. The summed E-state index contributed by atoms with van der Waals surface area (Å²) < 4.78 is 23.3. The summed E-state index contributed by atoms with van der Waals surface area (Å²) in [5.74, 6) is 0. The predicted octanol–water partition coefficient (Wildman–Crippen LogP) is 2.30. The van der Waals surface area contributed by atoms with E-state index in [0.717, 1.165) is 0 Å². The fourth-order valence-electron chi connectivity index (χ4n) is 0.496. The van der Waals surface area contributed by atoms with Crippen molar-refractivity contribution >= 4 is 48.5 Å². The zero-order valence-corrected chi connectivity index (χ0v) is 8.19. The van der Waals surface area contributed by atoms with Gasteiger partial charge in [-0.05, 0) is 11.4 Å². The fourth-order valence-corrected chi connectivity index (χ4v) is 2.13. The van der Waals surface area contributed by atoms with E-state index in [0.29, 0.717) is 10.0 Å². The fraction of sp³-hybridized carbons (Fsp3) is 0. The lowest BCUT2D eigenvalue weighted by atomic mass is 10.6. The number of hydrogen-bond acceptors (Lipinski definition) is 3. The maximum Gasteiger partial charge on any atom is 0.319 e. The predicted molar refractivity (Wildman–Crippen MR) is 47.7 cm³/mol. The van der Waals surface area contributed by atoms with Crippen LogP contribution in [-0.4, -0.2) is 8.42 Å². The number of halogens is 2. The maximum atomic E-state index is 10.5. The molecular formula is C4H3Cl2NO2S2. The van der Waals surface area contributed by atoms with Crippen molar-refractivity contribution in [3.8, 4) is 0 Å². The number of anilines is 1. The number of rotatable bonds is 2. The lowest BCUT2D eigenvalue weighted by Gasteiger charge is -1.96. The molecule has 0 bridgehead atoms. The Morgan fingerprint density at radius 3 is 2.55 bits per heavy atom. The van der Waals surface area contributed by atoms with Crippen molar-refractivity contribution in [2.75, 3.05) is 4.72 Å². The molecule has 0 saturated carbocycles.